The fourth-order valence-electron chi connectivity index (χ4n) is 1.57. The van der Waals surface area contributed by atoms with E-state index in [-0.39, 0.29) is 0 Å². The fourth-order valence-corrected chi connectivity index (χ4v) is 1.73. The first-order chi connectivity index (χ1) is 8.76. The number of alkyl halides is 1. The molecule has 0 aliphatic rings. The number of methoxy groups -OCH3 is 1. The molecule has 18 heavy (non-hydrogen) atoms. The average Bonchev–Trinajstić information content (AvgIpc) is 2.87. The maximum Gasteiger partial charge on any atom is 0.322 e. The van der Waals surface area contributed by atoms with Crippen molar-refractivity contribution in [3.8, 4) is 5.75 Å². The Bertz CT molecular complexity index is 516. The van der Waals surface area contributed by atoms with Crippen molar-refractivity contribution in [1.29, 1.82) is 0 Å². The second-order valence-electron chi connectivity index (χ2n) is 3.65. The van der Waals surface area contributed by atoms with Crippen LogP contribution in [0.2, 0.25) is 0 Å². The van der Waals surface area contributed by atoms with Crippen molar-refractivity contribution < 1.29 is 9.15 Å². The summed E-state index contributed by atoms with van der Waals surface area (Å²) in [5, 5.41) is 7.91. The molecule has 0 spiro atoms. The van der Waals surface area contributed by atoms with E-state index in [0.717, 1.165) is 11.4 Å². The number of halogens is 1. The lowest BCUT2D eigenvalue weighted by molar-refractivity contribution is 0.414. The van der Waals surface area contributed by atoms with Gasteiger partial charge in [-0.15, -0.1) is 16.7 Å². The van der Waals surface area contributed by atoms with Crippen molar-refractivity contribution in [2.24, 2.45) is 0 Å². The monoisotopic (exact) mass is 267 g/mol. The lowest BCUT2D eigenvalue weighted by atomic mass is 10.3. The van der Waals surface area contributed by atoms with Crippen LogP contribution in [0.1, 0.15) is 5.89 Å². The van der Waals surface area contributed by atoms with Crippen LogP contribution in [0.3, 0.4) is 0 Å². The lowest BCUT2D eigenvalue weighted by Crippen LogP contribution is -2.11. The molecule has 0 unspecified atom stereocenters. The number of aromatic nitrogens is 2. The Morgan fingerprint density at radius 1 is 1.33 bits per heavy atom. The van der Waals surface area contributed by atoms with Gasteiger partial charge in [-0.2, -0.15) is 0 Å². The van der Waals surface area contributed by atoms with Gasteiger partial charge in [0.15, 0.2) is 0 Å². The standard InChI is InChI=1S/C12H14ClN3O2/c1-16(9-5-3-4-6-10(9)17-2)12-15-14-11(18-12)7-8-13/h3-6H,7-8H2,1-2H3. The van der Waals surface area contributed by atoms with E-state index in [0.29, 0.717) is 24.2 Å². The van der Waals surface area contributed by atoms with Gasteiger partial charge in [-0.05, 0) is 12.1 Å². The van der Waals surface area contributed by atoms with Crippen molar-refractivity contribution in [3.63, 3.8) is 0 Å². The van der Waals surface area contributed by atoms with Crippen LogP contribution in [0.5, 0.6) is 5.75 Å². The molecule has 0 amide bonds. The first-order valence-corrected chi connectivity index (χ1v) is 6.04. The maximum absolute atomic E-state index is 5.63. The van der Waals surface area contributed by atoms with Crippen LogP contribution in [0.4, 0.5) is 11.7 Å². The summed E-state index contributed by atoms with van der Waals surface area (Å²) in [5.74, 6) is 1.74. The minimum absolute atomic E-state index is 0.416. The number of ether oxygens (including phenoxy) is 1. The van der Waals surface area contributed by atoms with E-state index in [1.54, 1.807) is 12.0 Å². The van der Waals surface area contributed by atoms with E-state index < -0.39 is 0 Å². The van der Waals surface area contributed by atoms with Crippen LogP contribution in [0.15, 0.2) is 28.7 Å². The number of hydrogen-bond donors (Lipinski definition) is 0. The van der Waals surface area contributed by atoms with E-state index in [1.807, 2.05) is 31.3 Å². The van der Waals surface area contributed by atoms with Gasteiger partial charge in [0.1, 0.15) is 5.75 Å². The molecule has 6 heteroatoms. The minimum atomic E-state index is 0.416. The van der Waals surface area contributed by atoms with Crippen molar-refractivity contribution in [3.05, 3.63) is 30.2 Å². The summed E-state index contributed by atoms with van der Waals surface area (Å²) < 4.78 is 10.8. The summed E-state index contributed by atoms with van der Waals surface area (Å²) in [4.78, 5) is 1.78. The van der Waals surface area contributed by atoms with Gasteiger partial charge >= 0.3 is 6.01 Å². The van der Waals surface area contributed by atoms with E-state index in [4.69, 9.17) is 20.8 Å². The van der Waals surface area contributed by atoms with E-state index >= 15 is 0 Å². The molecule has 0 saturated carbocycles. The summed E-state index contributed by atoms with van der Waals surface area (Å²) in [7, 11) is 3.47. The Hall–Kier alpha value is -1.75. The molecule has 0 aliphatic heterocycles. The van der Waals surface area contributed by atoms with Gasteiger partial charge in [0.05, 0.1) is 12.8 Å². The number of anilines is 2. The quantitative estimate of drug-likeness (QED) is 0.780. The molecule has 0 aliphatic carbocycles. The highest BCUT2D eigenvalue weighted by molar-refractivity contribution is 6.17. The minimum Gasteiger partial charge on any atom is -0.495 e. The van der Waals surface area contributed by atoms with Crippen LogP contribution in [-0.2, 0) is 6.42 Å². The third-order valence-corrected chi connectivity index (χ3v) is 2.69. The largest absolute Gasteiger partial charge is 0.495 e. The molecule has 2 rings (SSSR count). The number of aryl methyl sites for hydroxylation is 1. The summed E-state index contributed by atoms with van der Waals surface area (Å²) in [5.41, 5.74) is 0.862. The zero-order valence-electron chi connectivity index (χ0n) is 10.3. The van der Waals surface area contributed by atoms with E-state index in [9.17, 15) is 0 Å². The van der Waals surface area contributed by atoms with E-state index in [1.165, 1.54) is 0 Å². The normalized spacial score (nSPS) is 10.4. The molecule has 1 heterocycles. The molecular weight excluding hydrogens is 254 g/mol. The topological polar surface area (TPSA) is 51.4 Å². The summed E-state index contributed by atoms with van der Waals surface area (Å²) in [6.45, 7) is 0. The second-order valence-corrected chi connectivity index (χ2v) is 4.03. The van der Waals surface area contributed by atoms with Gasteiger partial charge < -0.3 is 9.15 Å². The average molecular weight is 268 g/mol. The van der Waals surface area contributed by atoms with Crippen LogP contribution >= 0.6 is 11.6 Å². The smallest absolute Gasteiger partial charge is 0.322 e. The highest BCUT2D eigenvalue weighted by Gasteiger charge is 2.15. The third kappa shape index (κ3) is 2.56. The molecule has 1 aromatic carbocycles. The molecule has 96 valence electrons. The fraction of sp³-hybridized carbons (Fsp3) is 0.333. The zero-order valence-corrected chi connectivity index (χ0v) is 11.0. The summed E-state index contributed by atoms with van der Waals surface area (Å²) in [6, 6.07) is 8.04. The van der Waals surface area contributed by atoms with Crippen molar-refractivity contribution in [2.75, 3.05) is 24.9 Å². The van der Waals surface area contributed by atoms with Crippen LogP contribution in [0, 0.1) is 0 Å². The Kier molecular flexibility index (Phi) is 4.04. The predicted octanol–water partition coefficient (Wildman–Crippen LogP) is 2.63. The van der Waals surface area contributed by atoms with Gasteiger partial charge in [-0.3, -0.25) is 4.90 Å². The molecule has 0 atom stereocenters. The number of para-hydroxylation sites is 2. The SMILES string of the molecule is COc1ccccc1N(C)c1nnc(CCCl)o1. The molecular formula is C12H14ClN3O2. The van der Waals surface area contributed by atoms with E-state index in [2.05, 4.69) is 10.2 Å². The lowest BCUT2D eigenvalue weighted by Gasteiger charge is -2.16. The molecule has 5 nitrogen and oxygen atoms in total. The van der Waals surface area contributed by atoms with Crippen LogP contribution in [0.25, 0.3) is 0 Å². The highest BCUT2D eigenvalue weighted by atomic mass is 35.5. The van der Waals surface area contributed by atoms with Gasteiger partial charge in [0, 0.05) is 19.3 Å². The molecule has 0 bridgehead atoms. The van der Waals surface area contributed by atoms with Gasteiger partial charge in [0.2, 0.25) is 5.89 Å². The first kappa shape index (κ1) is 12.7. The Balaban J connectivity index is 2.26. The number of hydrogen-bond acceptors (Lipinski definition) is 5. The van der Waals surface area contributed by atoms with Gasteiger partial charge in [-0.25, -0.2) is 0 Å². The third-order valence-electron chi connectivity index (χ3n) is 2.50. The summed E-state index contributed by atoms with van der Waals surface area (Å²) in [6.07, 6.45) is 0.564. The van der Waals surface area contributed by atoms with Crippen LogP contribution < -0.4 is 9.64 Å². The highest BCUT2D eigenvalue weighted by Crippen LogP contribution is 2.31. The summed E-state index contributed by atoms with van der Waals surface area (Å²) >= 11 is 5.63. The van der Waals surface area contributed by atoms with Crippen molar-refractivity contribution in [2.45, 2.75) is 6.42 Å². The zero-order chi connectivity index (χ0) is 13.0. The van der Waals surface area contributed by atoms with Gasteiger partial charge in [-0.1, -0.05) is 17.2 Å². The van der Waals surface area contributed by atoms with Crippen molar-refractivity contribution >= 4 is 23.3 Å². The molecule has 2 aromatic rings. The van der Waals surface area contributed by atoms with Crippen molar-refractivity contribution in [1.82, 2.24) is 10.2 Å². The Labute approximate surface area is 110 Å². The van der Waals surface area contributed by atoms with Crippen LogP contribution in [-0.4, -0.2) is 30.2 Å². The second kappa shape index (κ2) is 5.73. The first-order valence-electron chi connectivity index (χ1n) is 5.51. The molecule has 0 radical (unpaired) electrons. The maximum atomic E-state index is 5.63. The molecule has 0 N–H and O–H groups in total. The number of benzene rings is 1. The molecule has 0 fully saturated rings. The Morgan fingerprint density at radius 2 is 2.11 bits per heavy atom. The number of rotatable bonds is 5. The predicted molar refractivity (Wildman–Crippen MR) is 69.8 cm³/mol. The Morgan fingerprint density at radius 3 is 2.83 bits per heavy atom. The molecule has 0 saturated heterocycles. The molecule has 1 aromatic heterocycles. The van der Waals surface area contributed by atoms with Gasteiger partial charge in [0.25, 0.3) is 0 Å². The number of nitrogens with zero attached hydrogens (tertiary/aromatic N) is 3.